The van der Waals surface area contributed by atoms with Gasteiger partial charge < -0.3 is 5.32 Å². The van der Waals surface area contributed by atoms with Crippen LogP contribution in [0.1, 0.15) is 18.4 Å². The number of nitrogens with zero attached hydrogens (tertiary/aromatic N) is 3. The van der Waals surface area contributed by atoms with Crippen molar-refractivity contribution >= 4 is 11.6 Å². The van der Waals surface area contributed by atoms with Gasteiger partial charge in [0, 0.05) is 18.8 Å². The van der Waals surface area contributed by atoms with E-state index in [9.17, 15) is 0 Å². The van der Waals surface area contributed by atoms with Gasteiger partial charge in [-0.2, -0.15) is 5.10 Å². The fourth-order valence-corrected chi connectivity index (χ4v) is 1.77. The molecule has 1 saturated carbocycles. The second-order valence-corrected chi connectivity index (χ2v) is 4.72. The van der Waals surface area contributed by atoms with Crippen LogP contribution in [0.4, 0.5) is 0 Å². The number of hydrogen-bond donors (Lipinski definition) is 1. The first-order valence-corrected chi connectivity index (χ1v) is 6.08. The third-order valence-corrected chi connectivity index (χ3v) is 2.96. The predicted molar refractivity (Wildman–Crippen MR) is 66.2 cm³/mol. The average Bonchev–Trinajstić information content (AvgIpc) is 3.09. The number of nitrogens with one attached hydrogen (secondary N) is 1. The van der Waals surface area contributed by atoms with E-state index in [0.717, 1.165) is 18.4 Å². The Labute approximate surface area is 105 Å². The van der Waals surface area contributed by atoms with Crippen LogP contribution in [0.2, 0.25) is 5.02 Å². The van der Waals surface area contributed by atoms with E-state index in [0.29, 0.717) is 5.02 Å². The molecule has 2 heterocycles. The van der Waals surface area contributed by atoms with Gasteiger partial charge in [-0.3, -0.25) is 0 Å². The quantitative estimate of drug-likeness (QED) is 0.902. The maximum atomic E-state index is 5.81. The Morgan fingerprint density at radius 1 is 1.35 bits per heavy atom. The molecule has 1 aliphatic rings. The Morgan fingerprint density at radius 3 is 2.82 bits per heavy atom. The van der Waals surface area contributed by atoms with Crippen molar-refractivity contribution in [3.8, 4) is 5.82 Å². The molecule has 0 aliphatic heterocycles. The minimum absolute atomic E-state index is 0.617. The summed E-state index contributed by atoms with van der Waals surface area (Å²) in [6, 6.07) is 4.74. The Morgan fingerprint density at radius 2 is 2.24 bits per heavy atom. The van der Waals surface area contributed by atoms with Crippen molar-refractivity contribution in [2.24, 2.45) is 0 Å². The largest absolute Gasteiger partial charge is 0.310 e. The molecule has 0 radical (unpaired) electrons. The van der Waals surface area contributed by atoms with Crippen LogP contribution >= 0.6 is 11.6 Å². The van der Waals surface area contributed by atoms with Crippen molar-refractivity contribution in [3.63, 3.8) is 0 Å². The fraction of sp³-hybridized carbons (Fsp3) is 0.333. The highest BCUT2D eigenvalue weighted by Gasteiger charge is 2.19. The zero-order chi connectivity index (χ0) is 11.7. The van der Waals surface area contributed by atoms with Crippen LogP contribution in [0.5, 0.6) is 0 Å². The highest BCUT2D eigenvalue weighted by molar-refractivity contribution is 6.30. The Balaban J connectivity index is 1.70. The highest BCUT2D eigenvalue weighted by atomic mass is 35.5. The van der Waals surface area contributed by atoms with Crippen molar-refractivity contribution in [2.75, 3.05) is 0 Å². The maximum absolute atomic E-state index is 5.81. The van der Waals surface area contributed by atoms with E-state index < -0.39 is 0 Å². The van der Waals surface area contributed by atoms with E-state index in [1.807, 2.05) is 12.3 Å². The lowest BCUT2D eigenvalue weighted by Crippen LogP contribution is -2.15. The molecular weight excluding hydrogens is 236 g/mol. The normalized spacial score (nSPS) is 15.1. The minimum atomic E-state index is 0.617. The Bertz CT molecular complexity index is 501. The summed E-state index contributed by atoms with van der Waals surface area (Å²) in [6.07, 6.45) is 7.83. The van der Waals surface area contributed by atoms with E-state index in [1.165, 1.54) is 18.4 Å². The van der Waals surface area contributed by atoms with E-state index in [1.54, 1.807) is 17.1 Å². The average molecular weight is 249 g/mol. The van der Waals surface area contributed by atoms with Gasteiger partial charge in [-0.25, -0.2) is 9.67 Å². The van der Waals surface area contributed by atoms with Crippen molar-refractivity contribution in [3.05, 3.63) is 41.3 Å². The summed E-state index contributed by atoms with van der Waals surface area (Å²) in [5, 5.41) is 8.18. The van der Waals surface area contributed by atoms with Gasteiger partial charge in [0.25, 0.3) is 0 Å². The molecule has 0 atom stereocenters. The molecule has 0 saturated heterocycles. The zero-order valence-corrected chi connectivity index (χ0v) is 10.1. The van der Waals surface area contributed by atoms with Crippen LogP contribution in [0.15, 0.2) is 30.7 Å². The van der Waals surface area contributed by atoms with E-state index in [-0.39, 0.29) is 0 Å². The van der Waals surface area contributed by atoms with Crippen LogP contribution in [-0.2, 0) is 6.54 Å². The molecule has 0 spiro atoms. The molecule has 3 rings (SSSR count). The van der Waals surface area contributed by atoms with Crippen LogP contribution in [0.25, 0.3) is 5.82 Å². The molecule has 1 aliphatic carbocycles. The first kappa shape index (κ1) is 10.7. The molecule has 0 unspecified atom stereocenters. The number of rotatable bonds is 4. The van der Waals surface area contributed by atoms with E-state index >= 15 is 0 Å². The van der Waals surface area contributed by atoms with E-state index in [2.05, 4.69) is 21.5 Å². The minimum Gasteiger partial charge on any atom is -0.310 e. The van der Waals surface area contributed by atoms with Gasteiger partial charge in [-0.15, -0.1) is 0 Å². The number of halogens is 1. The van der Waals surface area contributed by atoms with Gasteiger partial charge >= 0.3 is 0 Å². The summed E-state index contributed by atoms with van der Waals surface area (Å²) in [7, 11) is 0. The van der Waals surface area contributed by atoms with Crippen LogP contribution in [-0.4, -0.2) is 20.8 Å². The van der Waals surface area contributed by atoms with Gasteiger partial charge in [0.1, 0.15) is 0 Å². The lowest BCUT2D eigenvalue weighted by atomic mass is 10.3. The van der Waals surface area contributed by atoms with Crippen LogP contribution in [0, 0.1) is 0 Å². The molecule has 0 bridgehead atoms. The van der Waals surface area contributed by atoms with E-state index in [4.69, 9.17) is 11.6 Å². The molecule has 1 N–H and O–H groups in total. The summed E-state index contributed by atoms with van der Waals surface area (Å²) in [4.78, 5) is 4.36. The fourth-order valence-electron chi connectivity index (χ4n) is 1.63. The van der Waals surface area contributed by atoms with Gasteiger partial charge in [-0.05, 0) is 24.5 Å². The molecular formula is C12H13ClN4. The summed E-state index contributed by atoms with van der Waals surface area (Å²) < 4.78 is 1.67. The molecule has 88 valence electrons. The first-order chi connectivity index (χ1) is 8.31. The molecule has 1 fully saturated rings. The second kappa shape index (κ2) is 4.47. The molecule has 17 heavy (non-hydrogen) atoms. The van der Waals surface area contributed by atoms with Crippen molar-refractivity contribution in [1.82, 2.24) is 20.1 Å². The summed E-state index contributed by atoms with van der Waals surface area (Å²) in [5.74, 6) is 0.784. The smallest absolute Gasteiger partial charge is 0.153 e. The van der Waals surface area contributed by atoms with Crippen LogP contribution in [0.3, 0.4) is 0 Å². The number of pyridine rings is 1. The lowest BCUT2D eigenvalue weighted by Gasteiger charge is -2.04. The molecule has 0 amide bonds. The monoisotopic (exact) mass is 248 g/mol. The first-order valence-electron chi connectivity index (χ1n) is 5.70. The maximum Gasteiger partial charge on any atom is 0.153 e. The third-order valence-electron chi connectivity index (χ3n) is 2.77. The summed E-state index contributed by atoms with van der Waals surface area (Å²) in [5.41, 5.74) is 1.19. The molecule has 2 aromatic rings. The lowest BCUT2D eigenvalue weighted by molar-refractivity contribution is 0.685. The van der Waals surface area contributed by atoms with Crippen molar-refractivity contribution < 1.29 is 0 Å². The number of hydrogen-bond acceptors (Lipinski definition) is 3. The standard InChI is InChI=1S/C12H13ClN4/c13-10-7-16-17(8-10)12-4-1-9(6-15-12)5-14-11-2-3-11/h1,4,6-8,11,14H,2-3,5H2. The Kier molecular flexibility index (Phi) is 2.82. The van der Waals surface area contributed by atoms with Gasteiger partial charge in [0.05, 0.1) is 17.4 Å². The Hall–Kier alpha value is -1.39. The molecule has 2 aromatic heterocycles. The number of aromatic nitrogens is 3. The summed E-state index contributed by atoms with van der Waals surface area (Å²) >= 11 is 5.81. The molecule has 4 nitrogen and oxygen atoms in total. The van der Waals surface area contributed by atoms with Gasteiger partial charge in [0.2, 0.25) is 0 Å². The third kappa shape index (κ3) is 2.65. The molecule has 0 aromatic carbocycles. The highest BCUT2D eigenvalue weighted by Crippen LogP contribution is 2.19. The second-order valence-electron chi connectivity index (χ2n) is 4.28. The van der Waals surface area contributed by atoms with Crippen LogP contribution < -0.4 is 5.32 Å². The topological polar surface area (TPSA) is 42.7 Å². The van der Waals surface area contributed by atoms with Crippen molar-refractivity contribution in [1.29, 1.82) is 0 Å². The summed E-state index contributed by atoms with van der Waals surface area (Å²) in [6.45, 7) is 0.887. The van der Waals surface area contributed by atoms with Gasteiger partial charge in [-0.1, -0.05) is 17.7 Å². The SMILES string of the molecule is Clc1cnn(-c2ccc(CNC3CC3)cn2)c1. The zero-order valence-electron chi connectivity index (χ0n) is 9.31. The molecule has 5 heteroatoms. The van der Waals surface area contributed by atoms with Gasteiger partial charge in [0.15, 0.2) is 5.82 Å². The van der Waals surface area contributed by atoms with Crippen molar-refractivity contribution in [2.45, 2.75) is 25.4 Å². The predicted octanol–water partition coefficient (Wildman–Crippen LogP) is 2.17.